The van der Waals surface area contributed by atoms with E-state index in [9.17, 15) is 0 Å². The smallest absolute Gasteiger partial charge is 0.142 e. The van der Waals surface area contributed by atoms with Gasteiger partial charge in [0.05, 0.1) is 10.5 Å². The van der Waals surface area contributed by atoms with Gasteiger partial charge in [0.2, 0.25) is 0 Å². The lowest BCUT2D eigenvalue weighted by molar-refractivity contribution is 0.461. The average molecular weight is 391 g/mol. The lowest BCUT2D eigenvalue weighted by Crippen LogP contribution is -2.05. The number of hydrogen-bond donors (Lipinski definition) is 1. The summed E-state index contributed by atoms with van der Waals surface area (Å²) in [6, 6.07) is 15.2. The van der Waals surface area contributed by atoms with Crippen molar-refractivity contribution < 1.29 is 0 Å². The molecule has 0 radical (unpaired) electrons. The highest BCUT2D eigenvalue weighted by Gasteiger charge is 2.26. The Kier molecular flexibility index (Phi) is 4.44. The molecule has 4 nitrogen and oxygen atoms in total. The molecule has 4 aromatic rings. The number of nitrogens with zero attached hydrogens (tertiary/aromatic N) is 3. The zero-order valence-electron chi connectivity index (χ0n) is 15.7. The summed E-state index contributed by atoms with van der Waals surface area (Å²) in [6.45, 7) is 0. The Hall–Kier alpha value is -2.59. The van der Waals surface area contributed by atoms with E-state index in [0.717, 1.165) is 28.9 Å². The van der Waals surface area contributed by atoms with Gasteiger partial charge in [-0.15, -0.1) is 0 Å². The molecule has 1 saturated carbocycles. The van der Waals surface area contributed by atoms with Gasteiger partial charge in [0.15, 0.2) is 0 Å². The minimum absolute atomic E-state index is 0.400. The number of anilines is 1. The quantitative estimate of drug-likeness (QED) is 0.479. The molecule has 142 valence electrons. The zero-order valence-corrected chi connectivity index (χ0v) is 16.4. The largest absolute Gasteiger partial charge is 0.382 e. The van der Waals surface area contributed by atoms with Crippen molar-refractivity contribution in [2.45, 2.75) is 38.1 Å². The van der Waals surface area contributed by atoms with Crippen LogP contribution in [0.5, 0.6) is 0 Å². The molecule has 5 heteroatoms. The molecule has 0 aliphatic heterocycles. The molecule has 3 heterocycles. The van der Waals surface area contributed by atoms with Gasteiger partial charge in [-0.2, -0.15) is 0 Å². The molecule has 2 atom stereocenters. The van der Waals surface area contributed by atoms with Crippen LogP contribution < -0.4 is 5.73 Å². The fraction of sp³-hybridized carbons (Fsp3) is 0.304. The maximum absolute atomic E-state index is 6.07. The molecular formula is C23H23ClN4. The van der Waals surface area contributed by atoms with E-state index in [-0.39, 0.29) is 0 Å². The third-order valence-corrected chi connectivity index (χ3v) is 6.39. The molecule has 2 unspecified atom stereocenters. The van der Waals surface area contributed by atoms with Gasteiger partial charge in [0, 0.05) is 29.2 Å². The number of aryl methyl sites for hydroxylation is 1. The average Bonchev–Trinajstić information content (AvgIpc) is 3.34. The van der Waals surface area contributed by atoms with Crippen molar-refractivity contribution in [3.05, 3.63) is 65.4 Å². The second-order valence-electron chi connectivity index (χ2n) is 7.89. The molecule has 1 aliphatic rings. The highest BCUT2D eigenvalue weighted by molar-refractivity contribution is 6.33. The summed E-state index contributed by atoms with van der Waals surface area (Å²) in [5.74, 6) is 1.16. The van der Waals surface area contributed by atoms with Crippen LogP contribution in [0.15, 0.2) is 54.9 Å². The van der Waals surface area contributed by atoms with Gasteiger partial charge < -0.3 is 10.3 Å². The van der Waals surface area contributed by atoms with Gasteiger partial charge in [0.1, 0.15) is 11.5 Å². The Morgan fingerprint density at radius 1 is 1.11 bits per heavy atom. The number of hydrogen-bond acceptors (Lipinski definition) is 3. The third kappa shape index (κ3) is 3.22. The molecular weight excluding hydrogens is 368 g/mol. The van der Waals surface area contributed by atoms with E-state index in [1.54, 1.807) is 0 Å². The molecule has 2 N–H and O–H groups in total. The van der Waals surface area contributed by atoms with Crippen molar-refractivity contribution in [1.82, 2.24) is 14.5 Å². The summed E-state index contributed by atoms with van der Waals surface area (Å²) in [4.78, 5) is 9.01. The summed E-state index contributed by atoms with van der Waals surface area (Å²) < 4.78 is 2.38. The predicted octanol–water partition coefficient (Wildman–Crippen LogP) is 5.79. The van der Waals surface area contributed by atoms with Crippen LogP contribution in [0.2, 0.25) is 5.02 Å². The Morgan fingerprint density at radius 3 is 2.96 bits per heavy atom. The number of benzene rings is 1. The number of rotatable bonds is 4. The first-order valence-electron chi connectivity index (χ1n) is 9.93. The minimum Gasteiger partial charge on any atom is -0.382 e. The molecule has 1 fully saturated rings. The number of nitrogen functional groups attached to an aromatic ring is 1. The Labute approximate surface area is 169 Å². The summed E-state index contributed by atoms with van der Waals surface area (Å²) in [7, 11) is 0. The highest BCUT2D eigenvalue weighted by Crippen LogP contribution is 2.38. The first kappa shape index (κ1) is 17.5. The van der Waals surface area contributed by atoms with Crippen LogP contribution in [0.4, 0.5) is 5.82 Å². The maximum atomic E-state index is 6.07. The first-order valence-corrected chi connectivity index (χ1v) is 10.3. The Bertz CT molecular complexity index is 1150. The second-order valence-corrected chi connectivity index (χ2v) is 8.30. The summed E-state index contributed by atoms with van der Waals surface area (Å²) in [5.41, 5.74) is 9.22. The third-order valence-electron chi connectivity index (χ3n) is 6.09. The van der Waals surface area contributed by atoms with Gasteiger partial charge in [-0.1, -0.05) is 23.7 Å². The normalized spacial score (nSPS) is 19.6. The van der Waals surface area contributed by atoms with Crippen molar-refractivity contribution in [2.75, 3.05) is 5.73 Å². The summed E-state index contributed by atoms with van der Waals surface area (Å²) >= 11 is 6.07. The van der Waals surface area contributed by atoms with Gasteiger partial charge in [-0.25, -0.2) is 9.97 Å². The predicted molar refractivity (Wildman–Crippen MR) is 116 cm³/mol. The molecule has 1 aromatic carbocycles. The van der Waals surface area contributed by atoms with Crippen LogP contribution in [-0.2, 0) is 6.42 Å². The Balaban J connectivity index is 1.26. The van der Waals surface area contributed by atoms with Gasteiger partial charge in [-0.3, -0.25) is 0 Å². The summed E-state index contributed by atoms with van der Waals surface area (Å²) in [6.07, 6.45) is 10.1. The van der Waals surface area contributed by atoms with E-state index in [2.05, 4.69) is 51.1 Å². The van der Waals surface area contributed by atoms with E-state index < -0.39 is 0 Å². The van der Waals surface area contributed by atoms with E-state index in [1.807, 2.05) is 18.3 Å². The van der Waals surface area contributed by atoms with Crippen molar-refractivity contribution in [3.8, 4) is 0 Å². The lowest BCUT2D eigenvalue weighted by atomic mass is 9.97. The number of fused-ring (bicyclic) bond motifs is 2. The van der Waals surface area contributed by atoms with Crippen molar-refractivity contribution >= 4 is 39.4 Å². The number of nitrogens with two attached hydrogens (primary N) is 1. The van der Waals surface area contributed by atoms with Gasteiger partial charge in [-0.05, 0) is 73.9 Å². The molecule has 3 aromatic heterocycles. The van der Waals surface area contributed by atoms with E-state index in [0.29, 0.717) is 16.9 Å². The molecule has 1 aliphatic carbocycles. The van der Waals surface area contributed by atoms with Crippen molar-refractivity contribution in [1.29, 1.82) is 0 Å². The zero-order chi connectivity index (χ0) is 19.1. The number of aromatic nitrogens is 3. The van der Waals surface area contributed by atoms with Crippen LogP contribution in [0.3, 0.4) is 0 Å². The van der Waals surface area contributed by atoms with Gasteiger partial charge >= 0.3 is 0 Å². The minimum atomic E-state index is 0.400. The van der Waals surface area contributed by atoms with Crippen LogP contribution in [0.25, 0.3) is 21.9 Å². The molecule has 5 rings (SSSR count). The first-order chi connectivity index (χ1) is 13.7. The van der Waals surface area contributed by atoms with E-state index in [4.69, 9.17) is 17.3 Å². The Morgan fingerprint density at radius 2 is 2.04 bits per heavy atom. The lowest BCUT2D eigenvalue weighted by Gasteiger charge is -2.14. The molecule has 0 amide bonds. The number of halogens is 1. The standard InChI is InChI=1S/C23H23ClN4/c24-20-14-18-7-5-16(13-21(18)27-22(20)25)4-3-15-6-8-19(12-15)28-11-9-17-2-1-10-26-23(17)28/h1-2,5,7,9-11,13-15,19H,3-4,6,8,12H2,(H2,25,27). The fourth-order valence-electron chi connectivity index (χ4n) is 4.57. The topological polar surface area (TPSA) is 56.7 Å². The second kappa shape index (κ2) is 7.10. The van der Waals surface area contributed by atoms with Crippen molar-refractivity contribution in [2.24, 2.45) is 5.92 Å². The molecule has 28 heavy (non-hydrogen) atoms. The fourth-order valence-corrected chi connectivity index (χ4v) is 4.73. The van der Waals surface area contributed by atoms with Crippen LogP contribution in [0, 0.1) is 5.92 Å². The van der Waals surface area contributed by atoms with E-state index >= 15 is 0 Å². The van der Waals surface area contributed by atoms with Crippen LogP contribution >= 0.6 is 11.6 Å². The SMILES string of the molecule is Nc1nc2cc(CCC3CCC(n4ccc5cccnc54)C3)ccc2cc1Cl. The van der Waals surface area contributed by atoms with Crippen LogP contribution in [0.1, 0.15) is 37.3 Å². The molecule has 0 bridgehead atoms. The highest BCUT2D eigenvalue weighted by atomic mass is 35.5. The summed E-state index contributed by atoms with van der Waals surface area (Å²) in [5, 5.41) is 2.79. The van der Waals surface area contributed by atoms with Crippen LogP contribution in [-0.4, -0.2) is 14.5 Å². The monoisotopic (exact) mass is 390 g/mol. The van der Waals surface area contributed by atoms with E-state index in [1.165, 1.54) is 36.6 Å². The van der Waals surface area contributed by atoms with Crippen molar-refractivity contribution in [3.63, 3.8) is 0 Å². The maximum Gasteiger partial charge on any atom is 0.142 e. The van der Waals surface area contributed by atoms with Gasteiger partial charge in [0.25, 0.3) is 0 Å². The molecule has 0 spiro atoms. The number of pyridine rings is 2. The molecule has 0 saturated heterocycles.